The highest BCUT2D eigenvalue weighted by Gasteiger charge is 2.23. The highest BCUT2D eigenvalue weighted by molar-refractivity contribution is 6.22. The van der Waals surface area contributed by atoms with Gasteiger partial charge in [0.15, 0.2) is 0 Å². The molecule has 0 aliphatic rings. The minimum Gasteiger partial charge on any atom is -0.483 e. The number of likely N-dealkylation sites (N-methyl/N-ethyl adjacent to an activating group) is 1. The van der Waals surface area contributed by atoms with E-state index < -0.39 is 49.5 Å². The van der Waals surface area contributed by atoms with Crippen molar-refractivity contribution in [3.63, 3.8) is 0 Å². The molecule has 14 heteroatoms. The molecular weight excluding hydrogens is 393 g/mol. The number of rotatable bonds is 15. The Morgan fingerprint density at radius 3 is 1.55 bits per heavy atom. The van der Waals surface area contributed by atoms with Crippen molar-refractivity contribution in [3.05, 3.63) is 0 Å². The molecule has 0 fully saturated rings. The average Bonchev–Trinajstić information content (AvgIpc) is 2.59. The van der Waals surface area contributed by atoms with Crippen LogP contribution in [0.2, 0.25) is 0 Å². The summed E-state index contributed by atoms with van der Waals surface area (Å²) in [6, 6.07) is 0. The molecule has 13 nitrogen and oxygen atoms in total. The normalized spacial score (nSPS) is 11.6. The van der Waals surface area contributed by atoms with E-state index in [0.29, 0.717) is 19.6 Å². The van der Waals surface area contributed by atoms with E-state index >= 15 is 0 Å². The highest BCUT2D eigenvalue weighted by atomic mass is 16.4. The van der Waals surface area contributed by atoms with Crippen LogP contribution in [0, 0.1) is 0 Å². The Morgan fingerprint density at radius 1 is 0.828 bits per heavy atom. The Bertz CT molecular complexity index is 532. The maximum absolute atomic E-state index is 11.0. The molecule has 1 unspecified atom stereocenters. The summed E-state index contributed by atoms with van der Waals surface area (Å²) in [7, 11) is 3.44. The molecule has 5 N–H and O–H groups in total. The predicted molar refractivity (Wildman–Crippen MR) is 100 cm³/mol. The van der Waals surface area contributed by atoms with Gasteiger partial charge in [0.25, 0.3) is 6.47 Å². The minimum absolute atomic E-state index is 0.137. The molecule has 0 spiro atoms. The first-order valence-corrected chi connectivity index (χ1v) is 8.46. The molecule has 165 valence electrons. The van der Waals surface area contributed by atoms with Crippen molar-refractivity contribution in [1.29, 1.82) is 0 Å². The van der Waals surface area contributed by atoms with Gasteiger partial charge in [-0.05, 0) is 6.54 Å². The molecule has 29 heavy (non-hydrogen) atoms. The van der Waals surface area contributed by atoms with Gasteiger partial charge in [0.05, 0.1) is 25.6 Å². The topological polar surface area (TPSA) is 196 Å². The van der Waals surface area contributed by atoms with Crippen LogP contribution in [0.15, 0.2) is 0 Å². The van der Waals surface area contributed by atoms with Crippen LogP contribution in [0.1, 0.15) is 6.92 Å². The second-order valence-electron chi connectivity index (χ2n) is 5.76. The van der Waals surface area contributed by atoms with Crippen molar-refractivity contribution < 1.29 is 49.5 Å². The maximum Gasteiger partial charge on any atom is 0.317 e. The lowest BCUT2D eigenvalue weighted by Gasteiger charge is -2.29. The van der Waals surface area contributed by atoms with E-state index in [1.54, 1.807) is 0 Å². The van der Waals surface area contributed by atoms with Gasteiger partial charge in [0.1, 0.15) is 7.85 Å². The molecule has 0 aromatic carbocycles. The van der Waals surface area contributed by atoms with Gasteiger partial charge in [-0.2, -0.15) is 0 Å². The van der Waals surface area contributed by atoms with E-state index in [9.17, 15) is 19.2 Å². The van der Waals surface area contributed by atoms with Gasteiger partial charge in [-0.15, -0.1) is 0 Å². The number of carboxylic acid groups (broad SMARTS) is 5. The molecule has 0 aliphatic heterocycles. The number of carboxylic acids is 4. The number of hydrogen-bond acceptors (Lipinski definition) is 8. The lowest BCUT2D eigenvalue weighted by atomic mass is 9.94. The van der Waals surface area contributed by atoms with E-state index in [1.807, 2.05) is 11.8 Å². The Kier molecular flexibility index (Phi) is 16.0. The van der Waals surface area contributed by atoms with Crippen LogP contribution in [0.3, 0.4) is 0 Å². The van der Waals surface area contributed by atoms with Gasteiger partial charge >= 0.3 is 23.9 Å². The first kappa shape index (κ1) is 28.5. The van der Waals surface area contributed by atoms with Gasteiger partial charge in [-0.3, -0.25) is 33.8 Å². The van der Waals surface area contributed by atoms with Crippen molar-refractivity contribution in [2.45, 2.75) is 12.9 Å². The molecule has 0 aromatic heterocycles. The molecule has 0 saturated carbocycles. The Hall–Kier alpha value is -2.71. The summed E-state index contributed by atoms with van der Waals surface area (Å²) < 4.78 is 0. The first-order valence-electron chi connectivity index (χ1n) is 8.46. The lowest BCUT2D eigenvalue weighted by molar-refractivity contribution is -0.144. The van der Waals surface area contributed by atoms with E-state index in [1.165, 1.54) is 9.80 Å². The van der Waals surface area contributed by atoms with E-state index in [2.05, 4.69) is 7.85 Å². The van der Waals surface area contributed by atoms with Crippen LogP contribution in [-0.4, -0.2) is 137 Å². The number of hydrogen-bond donors (Lipinski definition) is 5. The van der Waals surface area contributed by atoms with Gasteiger partial charge in [0, 0.05) is 26.2 Å². The summed E-state index contributed by atoms with van der Waals surface area (Å²) in [5.74, 6) is -5.88. The molecule has 0 saturated heterocycles. The molecule has 0 amide bonds. The molecule has 1 atom stereocenters. The third-order valence-electron chi connectivity index (χ3n) is 3.67. The first-order chi connectivity index (χ1) is 13.5. The molecule has 1 radical (unpaired) electrons. The van der Waals surface area contributed by atoms with E-state index in [-0.39, 0.29) is 19.6 Å². The fraction of sp³-hybridized carbons (Fsp3) is 0.667. The summed E-state index contributed by atoms with van der Waals surface area (Å²) in [6.07, 6.45) is 0. The van der Waals surface area contributed by atoms with Crippen LogP contribution in [0.25, 0.3) is 0 Å². The molecule has 0 heterocycles. The number of aliphatic carboxylic acids is 4. The van der Waals surface area contributed by atoms with Crippen molar-refractivity contribution >= 4 is 38.2 Å². The Morgan fingerprint density at radius 2 is 1.21 bits per heavy atom. The van der Waals surface area contributed by atoms with Crippen LogP contribution in [0.4, 0.5) is 0 Å². The smallest absolute Gasteiger partial charge is 0.317 e. The van der Waals surface area contributed by atoms with Crippen LogP contribution in [0.5, 0.6) is 0 Å². The van der Waals surface area contributed by atoms with Crippen LogP contribution >= 0.6 is 0 Å². The Labute approximate surface area is 168 Å². The van der Waals surface area contributed by atoms with Crippen molar-refractivity contribution in [1.82, 2.24) is 14.7 Å². The summed E-state index contributed by atoms with van der Waals surface area (Å²) in [6.45, 7) is 1.86. The monoisotopic (exact) mass is 420 g/mol. The molecule has 0 bridgehead atoms. The lowest BCUT2D eigenvalue weighted by Crippen LogP contribution is -2.48. The summed E-state index contributed by atoms with van der Waals surface area (Å²) in [5.41, 5.74) is 0. The zero-order chi connectivity index (χ0) is 23.0. The average molecular weight is 420 g/mol. The van der Waals surface area contributed by atoms with Crippen molar-refractivity contribution in [3.8, 4) is 0 Å². The van der Waals surface area contributed by atoms with Crippen LogP contribution < -0.4 is 0 Å². The maximum atomic E-state index is 11.0. The van der Waals surface area contributed by atoms with Gasteiger partial charge in [0.2, 0.25) is 0 Å². The zero-order valence-corrected chi connectivity index (χ0v) is 16.1. The molecular formula is C15H27BN3O10. The third kappa shape index (κ3) is 16.0. The second kappa shape index (κ2) is 16.3. The zero-order valence-electron chi connectivity index (χ0n) is 16.1. The number of carbonyl (C=O) groups is 5. The van der Waals surface area contributed by atoms with Gasteiger partial charge in [-0.1, -0.05) is 6.92 Å². The molecule has 0 rings (SSSR count). The Balaban J connectivity index is 0. The second-order valence-corrected chi connectivity index (χ2v) is 5.76. The third-order valence-corrected chi connectivity index (χ3v) is 3.67. The number of nitrogens with zero attached hydrogens (tertiary/aromatic N) is 3. The van der Waals surface area contributed by atoms with Crippen molar-refractivity contribution in [2.24, 2.45) is 0 Å². The summed E-state index contributed by atoms with van der Waals surface area (Å²) >= 11 is 0. The molecule has 0 aromatic rings. The van der Waals surface area contributed by atoms with Crippen LogP contribution in [-0.2, 0) is 24.0 Å². The van der Waals surface area contributed by atoms with Crippen molar-refractivity contribution in [2.75, 3.05) is 52.4 Å². The van der Waals surface area contributed by atoms with E-state index in [4.69, 9.17) is 30.3 Å². The fourth-order valence-corrected chi connectivity index (χ4v) is 2.25. The molecule has 0 aliphatic carbocycles. The SMILES string of the molecule is O=CO.[BH]C(C(=O)O)N(CCN(CC)CCN(CC(=O)O)CC(=O)O)CC(=O)O. The van der Waals surface area contributed by atoms with E-state index in [0.717, 1.165) is 0 Å². The van der Waals surface area contributed by atoms with Gasteiger partial charge in [-0.25, -0.2) is 0 Å². The van der Waals surface area contributed by atoms with Gasteiger partial charge < -0.3 is 30.4 Å². The highest BCUT2D eigenvalue weighted by Crippen LogP contribution is 2.00. The summed E-state index contributed by atoms with van der Waals surface area (Å²) in [5, 5.41) is 42.4. The quantitative estimate of drug-likeness (QED) is 0.134. The fourth-order valence-electron chi connectivity index (χ4n) is 2.25. The predicted octanol–water partition coefficient (Wildman–Crippen LogP) is -2.82. The summed E-state index contributed by atoms with van der Waals surface area (Å²) in [4.78, 5) is 56.2. The standard InChI is InChI=1S/C14H25BN3O8.CH2O2/c1-2-16(3-4-17(7-10(19)20)8-11(21)22)5-6-18(9-12(23)24)13(15)14(25)26;2-1-3/h13,15H,2-9H2,1H3,(H,19,20)(H,21,22)(H,23,24)(H,25,26);1H,(H,2,3). The minimum atomic E-state index is -1.23. The largest absolute Gasteiger partial charge is 0.483 e.